The van der Waals surface area contributed by atoms with Crippen molar-refractivity contribution in [1.29, 1.82) is 0 Å². The van der Waals surface area contributed by atoms with Gasteiger partial charge in [0.05, 0.1) is 6.20 Å². The molecule has 25 heavy (non-hydrogen) atoms. The third-order valence-corrected chi connectivity index (χ3v) is 5.15. The van der Waals surface area contributed by atoms with Crippen LogP contribution in [0, 0.1) is 12.3 Å². The summed E-state index contributed by atoms with van der Waals surface area (Å²) in [6.45, 7) is 7.88. The fraction of sp³-hybridized carbons (Fsp3) is 0.350. The van der Waals surface area contributed by atoms with Gasteiger partial charge in [-0.05, 0) is 23.5 Å². The van der Waals surface area contributed by atoms with E-state index >= 15 is 0 Å². The Kier molecular flexibility index (Phi) is 3.60. The smallest absolute Gasteiger partial charge is 0.259 e. The number of carbonyl (C=O) groups excluding carboxylic acids is 1. The molecular formula is C20H22N4O. The summed E-state index contributed by atoms with van der Waals surface area (Å²) in [5.41, 5.74) is 3.53. The van der Waals surface area contributed by atoms with Gasteiger partial charge in [0, 0.05) is 31.4 Å². The Morgan fingerprint density at radius 2 is 1.96 bits per heavy atom. The number of amides is 1. The highest BCUT2D eigenvalue weighted by molar-refractivity contribution is 5.99. The molecule has 1 amide bonds. The molecular weight excluding hydrogens is 312 g/mol. The molecule has 3 heterocycles. The highest BCUT2D eigenvalue weighted by atomic mass is 16.2. The molecule has 0 N–H and O–H groups in total. The summed E-state index contributed by atoms with van der Waals surface area (Å²) in [4.78, 5) is 19.4. The van der Waals surface area contributed by atoms with E-state index in [4.69, 9.17) is 0 Å². The summed E-state index contributed by atoms with van der Waals surface area (Å²) >= 11 is 0. The van der Waals surface area contributed by atoms with Crippen LogP contribution in [-0.4, -0.2) is 38.5 Å². The number of rotatable bonds is 2. The van der Waals surface area contributed by atoms with Gasteiger partial charge < -0.3 is 4.90 Å². The summed E-state index contributed by atoms with van der Waals surface area (Å²) in [7, 11) is 0. The van der Waals surface area contributed by atoms with Crippen molar-refractivity contribution in [1.82, 2.24) is 19.5 Å². The van der Waals surface area contributed by atoms with Crippen LogP contribution in [0.3, 0.4) is 0 Å². The van der Waals surface area contributed by atoms with Crippen molar-refractivity contribution in [2.75, 3.05) is 13.1 Å². The molecule has 0 bridgehead atoms. The van der Waals surface area contributed by atoms with E-state index in [-0.39, 0.29) is 11.3 Å². The maximum absolute atomic E-state index is 13.1. The van der Waals surface area contributed by atoms with Crippen LogP contribution < -0.4 is 0 Å². The summed E-state index contributed by atoms with van der Waals surface area (Å²) in [6.07, 6.45) is 5.29. The second-order valence-electron chi connectivity index (χ2n) is 7.60. The summed E-state index contributed by atoms with van der Waals surface area (Å²) in [5, 5.41) is 4.29. The Balaban J connectivity index is 1.65. The lowest BCUT2D eigenvalue weighted by Crippen LogP contribution is -2.30. The molecule has 0 aliphatic carbocycles. The predicted molar refractivity (Wildman–Crippen MR) is 96.6 cm³/mol. The number of aromatic nitrogens is 3. The van der Waals surface area contributed by atoms with Crippen LogP contribution in [0.15, 0.2) is 48.9 Å². The van der Waals surface area contributed by atoms with E-state index in [0.717, 1.165) is 18.7 Å². The number of hydrogen-bond donors (Lipinski definition) is 0. The van der Waals surface area contributed by atoms with Crippen molar-refractivity contribution in [2.45, 2.75) is 26.7 Å². The van der Waals surface area contributed by atoms with Gasteiger partial charge in [-0.2, -0.15) is 5.10 Å². The molecule has 1 aliphatic rings. The minimum Gasteiger partial charge on any atom is -0.337 e. The quantitative estimate of drug-likeness (QED) is 0.722. The first kappa shape index (κ1) is 15.8. The molecule has 4 rings (SSSR count). The van der Waals surface area contributed by atoms with Crippen LogP contribution in [0.25, 0.3) is 5.65 Å². The number of likely N-dealkylation sites (tertiary alicyclic amines) is 1. The van der Waals surface area contributed by atoms with E-state index in [2.05, 4.69) is 48.2 Å². The van der Waals surface area contributed by atoms with Gasteiger partial charge in [-0.3, -0.25) is 4.79 Å². The van der Waals surface area contributed by atoms with Crippen LogP contribution in [0.4, 0.5) is 0 Å². The predicted octanol–water partition coefficient (Wildman–Crippen LogP) is 3.30. The molecule has 1 fully saturated rings. The SMILES string of the molecule is Cc1cnc2c(C(=O)N3CC(c4ccccc4)C(C)(C)C3)cnn2c1. The van der Waals surface area contributed by atoms with Gasteiger partial charge in [-0.1, -0.05) is 44.2 Å². The fourth-order valence-electron chi connectivity index (χ4n) is 3.82. The molecule has 5 nitrogen and oxygen atoms in total. The largest absolute Gasteiger partial charge is 0.337 e. The van der Waals surface area contributed by atoms with Gasteiger partial charge in [0.2, 0.25) is 0 Å². The topological polar surface area (TPSA) is 50.5 Å². The number of aryl methyl sites for hydroxylation is 1. The normalized spacial score (nSPS) is 19.5. The number of fused-ring (bicyclic) bond motifs is 1. The van der Waals surface area contributed by atoms with Crippen LogP contribution in [-0.2, 0) is 0 Å². The first-order chi connectivity index (χ1) is 12.0. The van der Waals surface area contributed by atoms with Crippen molar-refractivity contribution in [3.8, 4) is 0 Å². The molecule has 0 spiro atoms. The van der Waals surface area contributed by atoms with Crippen molar-refractivity contribution < 1.29 is 4.79 Å². The molecule has 2 aromatic heterocycles. The number of nitrogens with zero attached hydrogens (tertiary/aromatic N) is 4. The first-order valence-electron chi connectivity index (χ1n) is 8.60. The van der Waals surface area contributed by atoms with Gasteiger partial charge in [0.25, 0.3) is 5.91 Å². The lowest BCUT2D eigenvalue weighted by molar-refractivity contribution is 0.0779. The molecule has 0 saturated carbocycles. The van der Waals surface area contributed by atoms with E-state index in [9.17, 15) is 4.79 Å². The molecule has 128 valence electrons. The van der Waals surface area contributed by atoms with Crippen LogP contribution in [0.5, 0.6) is 0 Å². The van der Waals surface area contributed by atoms with E-state index in [1.165, 1.54) is 5.56 Å². The Morgan fingerprint density at radius 3 is 2.72 bits per heavy atom. The third-order valence-electron chi connectivity index (χ3n) is 5.15. The minimum atomic E-state index is 0.0119. The van der Waals surface area contributed by atoms with Crippen molar-refractivity contribution in [2.24, 2.45) is 5.41 Å². The van der Waals surface area contributed by atoms with Gasteiger partial charge in [0.15, 0.2) is 5.65 Å². The van der Waals surface area contributed by atoms with Gasteiger partial charge in [-0.15, -0.1) is 0 Å². The Bertz CT molecular complexity index is 929. The molecule has 1 aromatic carbocycles. The highest BCUT2D eigenvalue weighted by Crippen LogP contribution is 2.42. The molecule has 3 aromatic rings. The maximum atomic E-state index is 13.1. The minimum absolute atomic E-state index is 0.0119. The van der Waals surface area contributed by atoms with Crippen molar-refractivity contribution in [3.63, 3.8) is 0 Å². The zero-order valence-corrected chi connectivity index (χ0v) is 14.8. The lowest BCUT2D eigenvalue weighted by atomic mass is 9.78. The Labute approximate surface area is 147 Å². The molecule has 1 saturated heterocycles. The third kappa shape index (κ3) is 2.69. The van der Waals surface area contributed by atoms with Crippen molar-refractivity contribution >= 4 is 11.6 Å². The van der Waals surface area contributed by atoms with E-state index in [0.29, 0.717) is 17.1 Å². The van der Waals surface area contributed by atoms with Crippen molar-refractivity contribution in [3.05, 3.63) is 65.6 Å². The molecule has 0 radical (unpaired) electrons. The average molecular weight is 334 g/mol. The monoisotopic (exact) mass is 334 g/mol. The van der Waals surface area contributed by atoms with Crippen LogP contribution in [0.1, 0.15) is 41.3 Å². The summed E-state index contributed by atoms with van der Waals surface area (Å²) in [6, 6.07) is 10.5. The molecule has 1 atom stereocenters. The lowest BCUT2D eigenvalue weighted by Gasteiger charge is -2.25. The average Bonchev–Trinajstić information content (AvgIpc) is 3.15. The number of benzene rings is 1. The van der Waals surface area contributed by atoms with Crippen LogP contribution >= 0.6 is 0 Å². The van der Waals surface area contributed by atoms with E-state index in [1.54, 1.807) is 16.9 Å². The number of hydrogen-bond acceptors (Lipinski definition) is 3. The van der Waals surface area contributed by atoms with Crippen LogP contribution in [0.2, 0.25) is 0 Å². The van der Waals surface area contributed by atoms with Gasteiger partial charge in [0.1, 0.15) is 5.56 Å². The molecule has 1 aliphatic heterocycles. The first-order valence-corrected chi connectivity index (χ1v) is 8.60. The second-order valence-corrected chi connectivity index (χ2v) is 7.60. The second kappa shape index (κ2) is 5.69. The van der Waals surface area contributed by atoms with E-state index in [1.807, 2.05) is 24.1 Å². The Morgan fingerprint density at radius 1 is 1.20 bits per heavy atom. The standard InChI is InChI=1S/C20H22N4O/c1-14-9-21-18-16(10-22-24(18)11-14)19(25)23-12-17(20(2,3)13-23)15-7-5-4-6-8-15/h4-11,17H,12-13H2,1-3H3. The maximum Gasteiger partial charge on any atom is 0.259 e. The molecule has 1 unspecified atom stereocenters. The zero-order chi connectivity index (χ0) is 17.6. The van der Waals surface area contributed by atoms with Gasteiger partial charge in [-0.25, -0.2) is 9.50 Å². The Hall–Kier alpha value is -2.69. The highest BCUT2D eigenvalue weighted by Gasteiger charge is 2.42. The summed E-state index contributed by atoms with van der Waals surface area (Å²) in [5.74, 6) is 0.340. The van der Waals surface area contributed by atoms with Gasteiger partial charge >= 0.3 is 0 Å². The molecule has 5 heteroatoms. The fourth-order valence-corrected chi connectivity index (χ4v) is 3.82. The zero-order valence-electron chi connectivity index (χ0n) is 14.8. The number of carbonyl (C=O) groups is 1. The summed E-state index contributed by atoms with van der Waals surface area (Å²) < 4.78 is 1.68. The van der Waals surface area contributed by atoms with E-state index < -0.39 is 0 Å².